The lowest BCUT2D eigenvalue weighted by Gasteiger charge is -2.34. The fourth-order valence-electron chi connectivity index (χ4n) is 2.96. The lowest BCUT2D eigenvalue weighted by atomic mass is 10.0. The number of ether oxygens (including phenoxy) is 1. The van der Waals surface area contributed by atoms with E-state index in [-0.39, 0.29) is 24.3 Å². The minimum Gasteiger partial charge on any atom is -0.444 e. The topological polar surface area (TPSA) is 61.8 Å². The minimum absolute atomic E-state index is 0.190. The molecule has 0 saturated carbocycles. The highest BCUT2D eigenvalue weighted by Crippen LogP contribution is 2.23. The molecule has 0 aromatic heterocycles. The van der Waals surface area contributed by atoms with Crippen LogP contribution in [0.3, 0.4) is 0 Å². The number of nitrogens with one attached hydrogen (secondary N) is 1. The van der Waals surface area contributed by atoms with E-state index in [1.807, 2.05) is 32.6 Å². The van der Waals surface area contributed by atoms with Gasteiger partial charge in [-0.25, -0.2) is 4.79 Å². The number of likely N-dealkylation sites (tertiary alicyclic amines) is 1. The van der Waals surface area contributed by atoms with Crippen molar-refractivity contribution in [2.45, 2.75) is 96.9 Å². The van der Waals surface area contributed by atoms with Gasteiger partial charge in [-0.3, -0.25) is 0 Å². The van der Waals surface area contributed by atoms with Gasteiger partial charge in [-0.15, -0.1) is 0 Å². The molecule has 2 N–H and O–H groups in total. The van der Waals surface area contributed by atoms with Gasteiger partial charge in [-0.2, -0.15) is 0 Å². The van der Waals surface area contributed by atoms with Crippen LogP contribution in [0.15, 0.2) is 0 Å². The molecule has 23 heavy (non-hydrogen) atoms. The Balaban J connectivity index is 2.61. The first-order valence-corrected chi connectivity index (χ1v) is 9.14. The van der Waals surface area contributed by atoms with Crippen molar-refractivity contribution in [3.8, 4) is 0 Å². The van der Waals surface area contributed by atoms with Gasteiger partial charge in [0.25, 0.3) is 0 Å². The Hall–Kier alpha value is -0.810. The molecule has 3 atom stereocenters. The summed E-state index contributed by atoms with van der Waals surface area (Å²) in [5.41, 5.74) is -0.455. The Bertz CT molecular complexity index is 355. The fourth-order valence-corrected chi connectivity index (χ4v) is 2.96. The van der Waals surface area contributed by atoms with Crippen molar-refractivity contribution >= 4 is 6.09 Å². The zero-order valence-electron chi connectivity index (χ0n) is 15.6. The summed E-state index contributed by atoms with van der Waals surface area (Å²) in [7, 11) is 0. The third-order valence-corrected chi connectivity index (χ3v) is 4.30. The van der Waals surface area contributed by atoms with Crippen LogP contribution in [-0.4, -0.2) is 53.0 Å². The Morgan fingerprint density at radius 3 is 2.65 bits per heavy atom. The first kappa shape index (κ1) is 20.2. The molecule has 0 aliphatic carbocycles. The van der Waals surface area contributed by atoms with E-state index in [2.05, 4.69) is 12.2 Å². The molecule has 1 saturated heterocycles. The van der Waals surface area contributed by atoms with E-state index in [0.29, 0.717) is 6.54 Å². The second kappa shape index (κ2) is 9.48. The average Bonchev–Trinajstić information content (AvgIpc) is 2.68. The standard InChI is InChI=1S/C18H36N2O3/c1-6-16(21)13-19-14(2)12-15-10-8-7-9-11-20(15)17(22)23-18(3,4)5/h14-16,19,21H,6-13H2,1-5H3. The van der Waals surface area contributed by atoms with Crippen LogP contribution in [0, 0.1) is 0 Å². The molecule has 5 heteroatoms. The minimum atomic E-state index is -0.455. The molecule has 1 aliphatic rings. The van der Waals surface area contributed by atoms with Crippen molar-refractivity contribution in [2.75, 3.05) is 13.1 Å². The molecule has 3 unspecified atom stereocenters. The van der Waals surface area contributed by atoms with Gasteiger partial charge in [0.2, 0.25) is 0 Å². The van der Waals surface area contributed by atoms with Crippen molar-refractivity contribution in [1.82, 2.24) is 10.2 Å². The number of rotatable bonds is 6. The number of amides is 1. The summed E-state index contributed by atoms with van der Waals surface area (Å²) in [6.45, 7) is 11.2. The van der Waals surface area contributed by atoms with Crippen LogP contribution >= 0.6 is 0 Å². The summed E-state index contributed by atoms with van der Waals surface area (Å²) < 4.78 is 5.59. The van der Waals surface area contributed by atoms with Gasteiger partial charge in [0.1, 0.15) is 5.60 Å². The van der Waals surface area contributed by atoms with Gasteiger partial charge in [0.05, 0.1) is 6.10 Å². The molecule has 0 radical (unpaired) electrons. The van der Waals surface area contributed by atoms with Crippen LogP contribution < -0.4 is 5.32 Å². The Morgan fingerprint density at radius 1 is 1.35 bits per heavy atom. The lowest BCUT2D eigenvalue weighted by Crippen LogP contribution is -2.46. The third-order valence-electron chi connectivity index (χ3n) is 4.30. The highest BCUT2D eigenvalue weighted by atomic mass is 16.6. The third kappa shape index (κ3) is 8.02. The molecular weight excluding hydrogens is 292 g/mol. The smallest absolute Gasteiger partial charge is 0.410 e. The Labute approximate surface area is 141 Å². The van der Waals surface area contributed by atoms with Gasteiger partial charge in [0.15, 0.2) is 0 Å². The molecular formula is C18H36N2O3. The average molecular weight is 328 g/mol. The highest BCUT2D eigenvalue weighted by molar-refractivity contribution is 5.68. The predicted octanol–water partition coefficient (Wildman–Crippen LogP) is 3.31. The number of nitrogens with zero attached hydrogens (tertiary/aromatic N) is 1. The number of aliphatic hydroxyl groups is 1. The van der Waals surface area contributed by atoms with E-state index < -0.39 is 5.60 Å². The van der Waals surface area contributed by atoms with E-state index in [9.17, 15) is 9.90 Å². The molecule has 1 rings (SSSR count). The van der Waals surface area contributed by atoms with Gasteiger partial charge >= 0.3 is 6.09 Å². The maximum absolute atomic E-state index is 12.5. The van der Waals surface area contributed by atoms with E-state index >= 15 is 0 Å². The monoisotopic (exact) mass is 328 g/mol. The number of hydrogen-bond donors (Lipinski definition) is 2. The normalized spacial score (nSPS) is 22.3. The van der Waals surface area contributed by atoms with Crippen molar-refractivity contribution < 1.29 is 14.6 Å². The maximum Gasteiger partial charge on any atom is 0.410 e. The SMILES string of the molecule is CCC(O)CNC(C)CC1CCCCCN1C(=O)OC(C)(C)C. The first-order chi connectivity index (χ1) is 10.7. The number of carbonyl (C=O) groups excluding carboxylic acids is 1. The number of aliphatic hydroxyl groups excluding tert-OH is 1. The van der Waals surface area contributed by atoms with Gasteiger partial charge < -0.3 is 20.1 Å². The van der Waals surface area contributed by atoms with Crippen LogP contribution in [0.25, 0.3) is 0 Å². The fraction of sp³-hybridized carbons (Fsp3) is 0.944. The largest absolute Gasteiger partial charge is 0.444 e. The molecule has 5 nitrogen and oxygen atoms in total. The Morgan fingerprint density at radius 2 is 2.04 bits per heavy atom. The van der Waals surface area contributed by atoms with Crippen molar-refractivity contribution in [2.24, 2.45) is 0 Å². The zero-order chi connectivity index (χ0) is 17.5. The molecule has 1 fully saturated rings. The molecule has 1 heterocycles. The van der Waals surface area contributed by atoms with Crippen LogP contribution in [0.1, 0.15) is 73.1 Å². The lowest BCUT2D eigenvalue weighted by molar-refractivity contribution is 0.0148. The van der Waals surface area contributed by atoms with Crippen molar-refractivity contribution in [3.05, 3.63) is 0 Å². The van der Waals surface area contributed by atoms with Crippen molar-refractivity contribution in [3.63, 3.8) is 0 Å². The van der Waals surface area contributed by atoms with Crippen LogP contribution in [0.4, 0.5) is 4.79 Å². The molecule has 0 aromatic rings. The van der Waals surface area contributed by atoms with E-state index in [1.165, 1.54) is 6.42 Å². The summed E-state index contributed by atoms with van der Waals surface area (Å²) in [5.74, 6) is 0. The highest BCUT2D eigenvalue weighted by Gasteiger charge is 2.30. The summed E-state index contributed by atoms with van der Waals surface area (Å²) in [6.07, 6.45) is 5.58. The second-order valence-electron chi connectivity index (χ2n) is 7.78. The second-order valence-corrected chi connectivity index (χ2v) is 7.78. The first-order valence-electron chi connectivity index (χ1n) is 9.14. The molecule has 0 aromatic carbocycles. The summed E-state index contributed by atoms with van der Waals surface area (Å²) in [4.78, 5) is 14.4. The number of hydrogen-bond acceptors (Lipinski definition) is 4. The summed E-state index contributed by atoms with van der Waals surface area (Å²) in [5, 5.41) is 13.1. The maximum atomic E-state index is 12.5. The van der Waals surface area contributed by atoms with Crippen LogP contribution in [0.2, 0.25) is 0 Å². The molecule has 1 aliphatic heterocycles. The van der Waals surface area contributed by atoms with E-state index in [1.54, 1.807) is 0 Å². The van der Waals surface area contributed by atoms with Gasteiger partial charge in [-0.1, -0.05) is 19.8 Å². The quantitative estimate of drug-likeness (QED) is 0.785. The molecule has 0 spiro atoms. The van der Waals surface area contributed by atoms with E-state index in [0.717, 1.165) is 38.6 Å². The predicted molar refractivity (Wildman–Crippen MR) is 93.6 cm³/mol. The molecule has 1 amide bonds. The number of carbonyl (C=O) groups is 1. The van der Waals surface area contributed by atoms with Crippen molar-refractivity contribution in [1.29, 1.82) is 0 Å². The zero-order valence-corrected chi connectivity index (χ0v) is 15.6. The van der Waals surface area contributed by atoms with Gasteiger partial charge in [-0.05, 0) is 53.4 Å². The summed E-state index contributed by atoms with van der Waals surface area (Å²) in [6, 6.07) is 0.484. The molecule has 136 valence electrons. The van der Waals surface area contributed by atoms with Gasteiger partial charge in [0, 0.05) is 25.2 Å². The Kier molecular flexibility index (Phi) is 8.34. The van der Waals surface area contributed by atoms with E-state index in [4.69, 9.17) is 4.74 Å². The summed E-state index contributed by atoms with van der Waals surface area (Å²) >= 11 is 0. The van der Waals surface area contributed by atoms with Crippen LogP contribution in [-0.2, 0) is 4.74 Å². The van der Waals surface area contributed by atoms with Crippen LogP contribution in [0.5, 0.6) is 0 Å². The molecule has 0 bridgehead atoms.